The van der Waals surface area contributed by atoms with Crippen molar-refractivity contribution in [3.8, 4) is 0 Å². The van der Waals surface area contributed by atoms with Gasteiger partial charge in [0.05, 0.1) is 12.1 Å². The standard InChI is InChI=1S/C13H19BrFNO/c1-4-9(2)16-13(3,8-17)11-6-5-10(14)7-12(11)15/h5-7,9,16-17H,4,8H2,1-3H3. The van der Waals surface area contributed by atoms with Crippen molar-refractivity contribution in [1.29, 1.82) is 0 Å². The lowest BCUT2D eigenvalue weighted by Gasteiger charge is -2.33. The average Bonchev–Trinajstić information content (AvgIpc) is 2.28. The molecule has 0 fully saturated rings. The van der Waals surface area contributed by atoms with Gasteiger partial charge >= 0.3 is 0 Å². The summed E-state index contributed by atoms with van der Waals surface area (Å²) in [5.74, 6) is -0.313. The summed E-state index contributed by atoms with van der Waals surface area (Å²) in [5.41, 5.74) is -0.260. The van der Waals surface area contributed by atoms with Crippen molar-refractivity contribution in [3.05, 3.63) is 34.1 Å². The lowest BCUT2D eigenvalue weighted by atomic mass is 9.91. The van der Waals surface area contributed by atoms with Gasteiger partial charge in [-0.3, -0.25) is 0 Å². The van der Waals surface area contributed by atoms with E-state index in [-0.39, 0.29) is 18.5 Å². The van der Waals surface area contributed by atoms with Gasteiger partial charge in [0.1, 0.15) is 5.82 Å². The zero-order chi connectivity index (χ0) is 13.1. The van der Waals surface area contributed by atoms with Crippen LogP contribution >= 0.6 is 15.9 Å². The van der Waals surface area contributed by atoms with E-state index in [0.29, 0.717) is 10.0 Å². The molecule has 1 aromatic rings. The van der Waals surface area contributed by atoms with Crippen LogP contribution in [0.25, 0.3) is 0 Å². The molecule has 2 atom stereocenters. The molecule has 1 rings (SSSR count). The minimum Gasteiger partial charge on any atom is -0.394 e. The van der Waals surface area contributed by atoms with Crippen LogP contribution in [-0.2, 0) is 5.54 Å². The van der Waals surface area contributed by atoms with Gasteiger partial charge in [0.15, 0.2) is 0 Å². The molecular formula is C13H19BrFNO. The van der Waals surface area contributed by atoms with E-state index in [1.54, 1.807) is 12.1 Å². The quantitative estimate of drug-likeness (QED) is 0.875. The fourth-order valence-electron chi connectivity index (χ4n) is 1.79. The van der Waals surface area contributed by atoms with E-state index < -0.39 is 5.54 Å². The first-order valence-corrected chi connectivity index (χ1v) is 6.56. The Labute approximate surface area is 110 Å². The van der Waals surface area contributed by atoms with Gasteiger partial charge in [0.25, 0.3) is 0 Å². The number of nitrogens with one attached hydrogen (secondary N) is 1. The SMILES string of the molecule is CCC(C)NC(C)(CO)c1ccc(Br)cc1F. The number of rotatable bonds is 5. The van der Waals surface area contributed by atoms with E-state index in [1.165, 1.54) is 6.07 Å². The number of halogens is 2. The maximum Gasteiger partial charge on any atom is 0.129 e. The number of hydrogen-bond donors (Lipinski definition) is 2. The van der Waals surface area contributed by atoms with Crippen LogP contribution in [0.3, 0.4) is 0 Å². The highest BCUT2D eigenvalue weighted by Crippen LogP contribution is 2.26. The third-order valence-corrected chi connectivity index (χ3v) is 3.51. The van der Waals surface area contributed by atoms with E-state index in [4.69, 9.17) is 0 Å². The molecule has 2 nitrogen and oxygen atoms in total. The predicted octanol–water partition coefficient (Wildman–Crippen LogP) is 3.18. The molecule has 0 radical (unpaired) electrons. The highest BCUT2D eigenvalue weighted by molar-refractivity contribution is 9.10. The van der Waals surface area contributed by atoms with E-state index in [0.717, 1.165) is 6.42 Å². The summed E-state index contributed by atoms with van der Waals surface area (Å²) in [4.78, 5) is 0. The largest absolute Gasteiger partial charge is 0.394 e. The third-order valence-electron chi connectivity index (χ3n) is 3.02. The number of hydrogen-bond acceptors (Lipinski definition) is 2. The normalized spacial score (nSPS) is 16.6. The summed E-state index contributed by atoms with van der Waals surface area (Å²) in [5, 5.41) is 12.8. The second-order valence-electron chi connectivity index (χ2n) is 4.57. The molecule has 2 unspecified atom stereocenters. The molecule has 0 heterocycles. The Kier molecular flexibility index (Phi) is 5.10. The van der Waals surface area contributed by atoms with Crippen LogP contribution in [0.4, 0.5) is 4.39 Å². The van der Waals surface area contributed by atoms with Crippen LogP contribution in [0.1, 0.15) is 32.8 Å². The van der Waals surface area contributed by atoms with Gasteiger partial charge in [-0.25, -0.2) is 4.39 Å². The first-order chi connectivity index (χ1) is 7.92. The fraction of sp³-hybridized carbons (Fsp3) is 0.538. The second-order valence-corrected chi connectivity index (χ2v) is 5.48. The highest BCUT2D eigenvalue weighted by atomic mass is 79.9. The fourth-order valence-corrected chi connectivity index (χ4v) is 2.12. The van der Waals surface area contributed by atoms with Gasteiger partial charge < -0.3 is 10.4 Å². The average molecular weight is 304 g/mol. The molecule has 0 saturated carbocycles. The topological polar surface area (TPSA) is 32.3 Å². The molecule has 0 amide bonds. The monoisotopic (exact) mass is 303 g/mol. The minimum atomic E-state index is -0.750. The van der Waals surface area contributed by atoms with Gasteiger partial charge in [-0.05, 0) is 32.4 Å². The lowest BCUT2D eigenvalue weighted by Crippen LogP contribution is -2.47. The molecule has 0 aromatic heterocycles. The van der Waals surface area contributed by atoms with Crippen LogP contribution in [0.15, 0.2) is 22.7 Å². The predicted molar refractivity (Wildman–Crippen MR) is 71.4 cm³/mol. The molecule has 0 bridgehead atoms. The molecule has 96 valence electrons. The van der Waals surface area contributed by atoms with Gasteiger partial charge in [-0.1, -0.05) is 28.9 Å². The van der Waals surface area contributed by atoms with Crippen molar-refractivity contribution < 1.29 is 9.50 Å². The molecular weight excluding hydrogens is 285 g/mol. The maximum absolute atomic E-state index is 13.9. The molecule has 0 aliphatic heterocycles. The Bertz CT molecular complexity index is 386. The zero-order valence-corrected chi connectivity index (χ0v) is 12.0. The molecule has 17 heavy (non-hydrogen) atoms. The summed E-state index contributed by atoms with van der Waals surface area (Å²) >= 11 is 3.23. The third kappa shape index (κ3) is 3.50. The Hall–Kier alpha value is -0.450. The summed E-state index contributed by atoms with van der Waals surface area (Å²) < 4.78 is 14.6. The number of aliphatic hydroxyl groups excluding tert-OH is 1. The van der Waals surface area contributed by atoms with Crippen LogP contribution < -0.4 is 5.32 Å². The van der Waals surface area contributed by atoms with Gasteiger partial charge in [-0.2, -0.15) is 0 Å². The van der Waals surface area contributed by atoms with Crippen LogP contribution in [0.2, 0.25) is 0 Å². The second kappa shape index (κ2) is 5.94. The first kappa shape index (κ1) is 14.6. The molecule has 0 saturated heterocycles. The lowest BCUT2D eigenvalue weighted by molar-refractivity contribution is 0.159. The molecule has 2 N–H and O–H groups in total. The summed E-state index contributed by atoms with van der Waals surface area (Å²) in [6.45, 7) is 5.74. The van der Waals surface area contributed by atoms with E-state index >= 15 is 0 Å². The summed E-state index contributed by atoms with van der Waals surface area (Å²) in [6, 6.07) is 5.12. The van der Waals surface area contributed by atoms with Gasteiger partial charge in [0.2, 0.25) is 0 Å². The molecule has 0 spiro atoms. The van der Waals surface area contributed by atoms with Crippen molar-refractivity contribution in [2.75, 3.05) is 6.61 Å². The van der Waals surface area contributed by atoms with Crippen molar-refractivity contribution in [3.63, 3.8) is 0 Å². The maximum atomic E-state index is 13.9. The highest BCUT2D eigenvalue weighted by Gasteiger charge is 2.29. The van der Waals surface area contributed by atoms with Gasteiger partial charge in [-0.15, -0.1) is 0 Å². The van der Waals surface area contributed by atoms with Crippen molar-refractivity contribution in [2.45, 2.75) is 38.8 Å². The summed E-state index contributed by atoms with van der Waals surface area (Å²) in [6.07, 6.45) is 0.924. The zero-order valence-electron chi connectivity index (χ0n) is 10.4. The number of aliphatic hydroxyl groups is 1. The Balaban J connectivity index is 3.07. The van der Waals surface area contributed by atoms with E-state index in [2.05, 4.69) is 21.2 Å². The summed E-state index contributed by atoms with van der Waals surface area (Å²) in [7, 11) is 0. The van der Waals surface area contributed by atoms with Crippen LogP contribution in [0, 0.1) is 5.82 Å². The molecule has 1 aromatic carbocycles. The Morgan fingerprint density at radius 1 is 1.53 bits per heavy atom. The van der Waals surface area contributed by atoms with Crippen molar-refractivity contribution >= 4 is 15.9 Å². The smallest absolute Gasteiger partial charge is 0.129 e. The number of benzene rings is 1. The molecule has 0 aliphatic rings. The van der Waals surface area contributed by atoms with Crippen LogP contribution in [-0.4, -0.2) is 17.8 Å². The van der Waals surface area contributed by atoms with Gasteiger partial charge in [0, 0.05) is 16.1 Å². The van der Waals surface area contributed by atoms with E-state index in [9.17, 15) is 9.50 Å². The Morgan fingerprint density at radius 3 is 2.65 bits per heavy atom. The van der Waals surface area contributed by atoms with Crippen LogP contribution in [0.5, 0.6) is 0 Å². The Morgan fingerprint density at radius 2 is 2.18 bits per heavy atom. The van der Waals surface area contributed by atoms with Crippen molar-refractivity contribution in [2.24, 2.45) is 0 Å². The minimum absolute atomic E-state index is 0.143. The molecule has 0 aliphatic carbocycles. The van der Waals surface area contributed by atoms with Crippen molar-refractivity contribution in [1.82, 2.24) is 5.32 Å². The first-order valence-electron chi connectivity index (χ1n) is 5.77. The molecule has 4 heteroatoms. The van der Waals surface area contributed by atoms with E-state index in [1.807, 2.05) is 20.8 Å².